The van der Waals surface area contributed by atoms with Crippen molar-refractivity contribution in [2.24, 2.45) is 0 Å². The summed E-state index contributed by atoms with van der Waals surface area (Å²) in [6, 6.07) is 0. The number of hydrogen-bond donors (Lipinski definition) is 1. The predicted octanol–water partition coefficient (Wildman–Crippen LogP) is -0.537. The summed E-state index contributed by atoms with van der Waals surface area (Å²) in [5.74, 6) is 0. The van der Waals surface area contributed by atoms with Crippen molar-refractivity contribution in [2.75, 3.05) is 20.4 Å². The maximum atomic E-state index is 2.97. The van der Waals surface area contributed by atoms with Gasteiger partial charge in [0.05, 0.1) is 6.26 Å². The lowest BCUT2D eigenvalue weighted by molar-refractivity contribution is 1.02. The van der Waals surface area contributed by atoms with E-state index in [9.17, 15) is 0 Å². The SMILES string of the molecule is CNC.C[SH2+]. The van der Waals surface area contributed by atoms with Gasteiger partial charge in [-0.25, -0.2) is 0 Å². The molecule has 0 saturated carbocycles. The fourth-order valence-corrected chi connectivity index (χ4v) is 0. The van der Waals surface area contributed by atoms with Gasteiger partial charge in [-0.15, -0.1) is 0 Å². The van der Waals surface area contributed by atoms with E-state index in [-0.39, 0.29) is 0 Å². The van der Waals surface area contributed by atoms with E-state index in [0.717, 1.165) is 0 Å². The van der Waals surface area contributed by atoms with Crippen molar-refractivity contribution in [3.05, 3.63) is 0 Å². The molecule has 1 N–H and O–H groups in total. The Balaban J connectivity index is 0. The minimum atomic E-state index is 1.81. The minimum Gasteiger partial charge on any atom is -0.323 e. The summed E-state index contributed by atoms with van der Waals surface area (Å²) in [6.45, 7) is 0. The predicted molar refractivity (Wildman–Crippen MR) is 31.1 cm³/mol. The van der Waals surface area contributed by atoms with E-state index in [2.05, 4.69) is 17.9 Å². The number of rotatable bonds is 0. The molecule has 5 heavy (non-hydrogen) atoms. The molecule has 1 nitrogen and oxygen atoms in total. The Kier molecular flexibility index (Phi) is 49.5. The lowest BCUT2D eigenvalue weighted by atomic mass is 11.3. The summed E-state index contributed by atoms with van der Waals surface area (Å²) in [5.41, 5.74) is 0. The highest BCUT2D eigenvalue weighted by atomic mass is 32.1. The second-order valence-corrected chi connectivity index (χ2v) is 0.500. The fraction of sp³-hybridized carbons (Fsp3) is 1.00. The second kappa shape index (κ2) is 27.5. The molecule has 0 amide bonds. The summed E-state index contributed by atoms with van der Waals surface area (Å²) < 4.78 is 0. The normalized spacial score (nSPS) is 4.80. The molecule has 0 atom stereocenters. The van der Waals surface area contributed by atoms with Crippen molar-refractivity contribution < 1.29 is 0 Å². The van der Waals surface area contributed by atoms with Crippen LogP contribution in [0.2, 0.25) is 0 Å². The smallest absolute Gasteiger partial charge is 0.0929 e. The van der Waals surface area contributed by atoms with E-state index in [0.29, 0.717) is 0 Å². The lowest BCUT2D eigenvalue weighted by Gasteiger charge is -1.59. The molecule has 34 valence electrons. The largest absolute Gasteiger partial charge is 0.323 e. The highest BCUT2D eigenvalue weighted by Crippen LogP contribution is 0.981. The quantitative estimate of drug-likeness (QED) is 0.398. The molecule has 0 aliphatic heterocycles. The molecule has 2 heteroatoms. The van der Waals surface area contributed by atoms with E-state index < -0.39 is 0 Å². The Labute approximate surface area is 39.2 Å². The average Bonchev–Trinajstić information content (AvgIpc) is 1.46. The van der Waals surface area contributed by atoms with E-state index in [1.165, 1.54) is 0 Å². The molecule has 0 aromatic heterocycles. The Bertz CT molecular complexity index is 6.85. The zero-order valence-corrected chi connectivity index (χ0v) is 5.00. The van der Waals surface area contributed by atoms with Gasteiger partial charge < -0.3 is 5.32 Å². The Hall–Kier alpha value is 0.310. The first kappa shape index (κ1) is 9.00. The van der Waals surface area contributed by atoms with Crippen LogP contribution in [0.15, 0.2) is 0 Å². The first-order chi connectivity index (χ1) is 2.41. The van der Waals surface area contributed by atoms with E-state index in [1.807, 2.05) is 14.1 Å². The fourth-order valence-electron chi connectivity index (χ4n) is 0. The average molecular weight is 94.2 g/mol. The van der Waals surface area contributed by atoms with Gasteiger partial charge in [0.2, 0.25) is 0 Å². The summed E-state index contributed by atoms with van der Waals surface area (Å²) in [7, 11) is 3.75. The molecule has 0 spiro atoms. The van der Waals surface area contributed by atoms with E-state index in [1.54, 1.807) is 6.26 Å². The summed E-state index contributed by atoms with van der Waals surface area (Å²) >= 11 is 2.97. The van der Waals surface area contributed by atoms with Crippen molar-refractivity contribution >= 4 is 12.6 Å². The van der Waals surface area contributed by atoms with Gasteiger partial charge in [0.1, 0.15) is 0 Å². The van der Waals surface area contributed by atoms with Gasteiger partial charge >= 0.3 is 0 Å². The van der Waals surface area contributed by atoms with Crippen LogP contribution in [0, 0.1) is 0 Å². The number of hydrogen-bond acceptors (Lipinski definition) is 1. The molecular weight excluding hydrogens is 82.1 g/mol. The van der Waals surface area contributed by atoms with Crippen LogP contribution in [-0.2, 0) is 12.6 Å². The van der Waals surface area contributed by atoms with Crippen LogP contribution in [0.1, 0.15) is 0 Å². The van der Waals surface area contributed by atoms with Crippen LogP contribution in [0.5, 0.6) is 0 Å². The van der Waals surface area contributed by atoms with E-state index >= 15 is 0 Å². The molecule has 0 unspecified atom stereocenters. The monoisotopic (exact) mass is 94.1 g/mol. The molecule has 0 radical (unpaired) electrons. The molecule has 0 aromatic rings. The molecular formula is C3H12NS+. The van der Waals surface area contributed by atoms with Crippen molar-refractivity contribution in [1.82, 2.24) is 5.32 Å². The van der Waals surface area contributed by atoms with Crippen molar-refractivity contribution in [2.45, 2.75) is 0 Å². The summed E-state index contributed by atoms with van der Waals surface area (Å²) in [6.07, 6.45) is 1.81. The van der Waals surface area contributed by atoms with E-state index in [4.69, 9.17) is 0 Å². The topological polar surface area (TPSA) is 12.0 Å². The molecule has 0 aliphatic rings. The molecule has 0 saturated heterocycles. The van der Waals surface area contributed by atoms with Crippen LogP contribution >= 0.6 is 0 Å². The zero-order valence-electron chi connectivity index (χ0n) is 4.00. The van der Waals surface area contributed by atoms with Gasteiger partial charge in [-0.05, 0) is 26.7 Å². The molecule has 0 fully saturated rings. The Morgan fingerprint density at radius 2 is 1.20 bits per heavy atom. The second-order valence-electron chi connectivity index (χ2n) is 0.500. The van der Waals surface area contributed by atoms with Crippen LogP contribution < -0.4 is 5.32 Å². The molecule has 0 bridgehead atoms. The van der Waals surface area contributed by atoms with Crippen LogP contribution in [0.25, 0.3) is 0 Å². The molecule has 0 heterocycles. The third-order valence-corrected chi connectivity index (χ3v) is 0. The molecule has 0 aliphatic carbocycles. The molecule has 0 aromatic carbocycles. The van der Waals surface area contributed by atoms with Crippen LogP contribution in [-0.4, -0.2) is 20.4 Å². The summed E-state index contributed by atoms with van der Waals surface area (Å²) in [5, 5.41) is 2.75. The molecule has 0 rings (SSSR count). The lowest BCUT2D eigenvalue weighted by Crippen LogP contribution is -1.89. The first-order valence-electron chi connectivity index (χ1n) is 1.50. The number of nitrogens with one attached hydrogen (secondary N) is 1. The van der Waals surface area contributed by atoms with Crippen LogP contribution in [0.3, 0.4) is 0 Å². The van der Waals surface area contributed by atoms with Gasteiger partial charge in [-0.2, -0.15) is 0 Å². The van der Waals surface area contributed by atoms with Gasteiger partial charge in [0, 0.05) is 0 Å². The minimum absolute atomic E-state index is 1.81. The third kappa shape index (κ3) is 239. The van der Waals surface area contributed by atoms with Crippen molar-refractivity contribution in [1.29, 1.82) is 0 Å². The van der Waals surface area contributed by atoms with Gasteiger partial charge in [-0.1, -0.05) is 0 Å². The van der Waals surface area contributed by atoms with Gasteiger partial charge in [-0.3, -0.25) is 0 Å². The zero-order chi connectivity index (χ0) is 4.71. The maximum absolute atomic E-state index is 2.97. The van der Waals surface area contributed by atoms with Gasteiger partial charge in [0.25, 0.3) is 0 Å². The Morgan fingerprint density at radius 3 is 1.20 bits per heavy atom. The first-order valence-corrected chi connectivity index (χ1v) is 2.50. The van der Waals surface area contributed by atoms with Crippen molar-refractivity contribution in [3.63, 3.8) is 0 Å². The van der Waals surface area contributed by atoms with Crippen molar-refractivity contribution in [3.8, 4) is 0 Å². The van der Waals surface area contributed by atoms with Gasteiger partial charge in [0.15, 0.2) is 0 Å². The Morgan fingerprint density at radius 1 is 1.20 bits per heavy atom. The van der Waals surface area contributed by atoms with Crippen LogP contribution in [0.4, 0.5) is 0 Å². The summed E-state index contributed by atoms with van der Waals surface area (Å²) in [4.78, 5) is 0. The highest BCUT2D eigenvalue weighted by molar-refractivity contribution is 7.57. The standard InChI is InChI=1S/C2H7N.CH4S/c1-3-2;1-2/h3H,1-2H3;2H,1H3/p+1. The highest BCUT2D eigenvalue weighted by Gasteiger charge is 1.25. The third-order valence-electron chi connectivity index (χ3n) is 0. The maximum Gasteiger partial charge on any atom is 0.0929 e.